The summed E-state index contributed by atoms with van der Waals surface area (Å²) in [7, 11) is 0. The number of phenols is 1. The van der Waals surface area contributed by atoms with Gasteiger partial charge in [-0.3, -0.25) is 15.1 Å². The number of nitrogens with zero attached hydrogens (tertiary/aromatic N) is 3. The Balaban J connectivity index is 2.24. The van der Waals surface area contributed by atoms with E-state index >= 15 is 0 Å². The predicted molar refractivity (Wildman–Crippen MR) is 99.4 cm³/mol. The first-order chi connectivity index (χ1) is 12.3. The minimum absolute atomic E-state index is 0.0381. The Bertz CT molecular complexity index is 761. The number of aromatic hydroxyl groups is 1. The van der Waals surface area contributed by atoms with Gasteiger partial charge in [-0.1, -0.05) is 11.6 Å². The quantitative estimate of drug-likeness (QED) is 0.165. The van der Waals surface area contributed by atoms with Crippen molar-refractivity contribution >= 4 is 34.9 Å². The van der Waals surface area contributed by atoms with Gasteiger partial charge in [-0.25, -0.2) is 4.99 Å². The molecule has 0 spiro atoms. The number of carbonyl (C=O) groups excluding carboxylic acids is 1. The van der Waals surface area contributed by atoms with Gasteiger partial charge in [0.25, 0.3) is 5.91 Å². The van der Waals surface area contributed by atoms with Crippen molar-refractivity contribution in [2.45, 2.75) is 12.6 Å². The molecule has 1 aromatic rings. The fourth-order valence-electron chi connectivity index (χ4n) is 2.19. The standard InChI is InChI=1S/C15H20ClN7O3/c16-11-13(18)23(8-2-4-9(25)5-3-8)12(17)10(21-11)14(26)22-15(19)20-6-1-7-24/h2-5,12,24-25H,1,6-7,17-18H2,(H3,19,20,22,26). The largest absolute Gasteiger partial charge is 0.508 e. The average Bonchev–Trinajstić information content (AvgIpc) is 2.60. The molecule has 0 aliphatic carbocycles. The monoisotopic (exact) mass is 381 g/mol. The number of halogens is 1. The van der Waals surface area contributed by atoms with Gasteiger partial charge >= 0.3 is 0 Å². The Morgan fingerprint density at radius 3 is 2.65 bits per heavy atom. The number of anilines is 1. The van der Waals surface area contributed by atoms with Crippen molar-refractivity contribution in [3.05, 3.63) is 35.2 Å². The molecule has 0 saturated carbocycles. The van der Waals surface area contributed by atoms with E-state index in [-0.39, 0.29) is 41.5 Å². The third kappa shape index (κ3) is 4.42. The van der Waals surface area contributed by atoms with Crippen LogP contribution >= 0.6 is 11.6 Å². The summed E-state index contributed by atoms with van der Waals surface area (Å²) < 4.78 is 0. The van der Waals surface area contributed by atoms with Crippen LogP contribution in [0.25, 0.3) is 0 Å². The third-order valence-corrected chi connectivity index (χ3v) is 3.73. The molecule has 1 aliphatic rings. The maximum absolute atomic E-state index is 12.4. The van der Waals surface area contributed by atoms with Gasteiger partial charge in [-0.15, -0.1) is 0 Å². The summed E-state index contributed by atoms with van der Waals surface area (Å²) in [5.74, 6) is -0.692. The van der Waals surface area contributed by atoms with Gasteiger partial charge in [0.05, 0.1) is 0 Å². The minimum Gasteiger partial charge on any atom is -0.508 e. The molecule has 1 aromatic carbocycles. The van der Waals surface area contributed by atoms with Crippen LogP contribution in [0.15, 0.2) is 45.2 Å². The molecule has 10 nitrogen and oxygen atoms in total. The van der Waals surface area contributed by atoms with Crippen molar-refractivity contribution in [1.82, 2.24) is 5.32 Å². The van der Waals surface area contributed by atoms with E-state index in [0.29, 0.717) is 12.1 Å². The van der Waals surface area contributed by atoms with Crippen molar-refractivity contribution in [2.75, 3.05) is 18.1 Å². The van der Waals surface area contributed by atoms with Gasteiger partial charge in [0, 0.05) is 18.8 Å². The first-order valence-electron chi connectivity index (χ1n) is 7.65. The summed E-state index contributed by atoms with van der Waals surface area (Å²) in [4.78, 5) is 21.7. The van der Waals surface area contributed by atoms with E-state index in [1.54, 1.807) is 12.1 Å². The predicted octanol–water partition coefficient (Wildman–Crippen LogP) is -0.925. The highest BCUT2D eigenvalue weighted by molar-refractivity contribution is 6.45. The molecule has 1 amide bonds. The van der Waals surface area contributed by atoms with Crippen molar-refractivity contribution in [3.63, 3.8) is 0 Å². The van der Waals surface area contributed by atoms with Gasteiger partial charge in [-0.05, 0) is 30.7 Å². The zero-order valence-corrected chi connectivity index (χ0v) is 14.5. The van der Waals surface area contributed by atoms with Gasteiger partial charge in [0.1, 0.15) is 23.4 Å². The number of nitrogens with one attached hydrogen (secondary N) is 1. The fourth-order valence-corrected chi connectivity index (χ4v) is 2.37. The highest BCUT2D eigenvalue weighted by atomic mass is 35.5. The molecule has 0 bridgehead atoms. The number of aliphatic imine (C=N–C) groups is 2. The topological polar surface area (TPSA) is 176 Å². The van der Waals surface area contributed by atoms with E-state index in [1.807, 2.05) is 0 Å². The summed E-state index contributed by atoms with van der Waals surface area (Å²) in [6.45, 7) is 0.220. The molecular formula is C15H20ClN7O3. The van der Waals surface area contributed by atoms with Crippen LogP contribution in [0.3, 0.4) is 0 Å². The number of benzene rings is 1. The third-order valence-electron chi connectivity index (χ3n) is 3.45. The van der Waals surface area contributed by atoms with Gasteiger partial charge in [-0.2, -0.15) is 0 Å². The summed E-state index contributed by atoms with van der Waals surface area (Å²) in [5, 5.41) is 20.4. The maximum Gasteiger partial charge on any atom is 0.275 e. The molecule has 11 heteroatoms. The Hall–Kier alpha value is -2.82. The van der Waals surface area contributed by atoms with Crippen molar-refractivity contribution in [1.29, 1.82) is 0 Å². The molecule has 1 aliphatic heterocycles. The van der Waals surface area contributed by atoms with Gasteiger partial charge in [0.2, 0.25) is 0 Å². The number of guanidine groups is 1. The van der Waals surface area contributed by atoms with Crippen LogP contribution in [0.2, 0.25) is 0 Å². The lowest BCUT2D eigenvalue weighted by molar-refractivity contribution is -0.113. The molecule has 2 rings (SSSR count). The van der Waals surface area contributed by atoms with Crippen LogP contribution in [0.4, 0.5) is 5.69 Å². The molecule has 0 radical (unpaired) electrons. The summed E-state index contributed by atoms with van der Waals surface area (Å²) in [6.07, 6.45) is -0.621. The van der Waals surface area contributed by atoms with E-state index in [1.165, 1.54) is 17.0 Å². The molecule has 0 aromatic heterocycles. The normalized spacial score (nSPS) is 18.0. The Morgan fingerprint density at radius 1 is 1.38 bits per heavy atom. The Labute approximate surface area is 154 Å². The molecule has 0 saturated heterocycles. The SMILES string of the molecule is NC(=NCCCO)NC(=O)C1=NC(Cl)=C(N)N(c2ccc(O)cc2)C1N. The zero-order valence-electron chi connectivity index (χ0n) is 13.8. The van der Waals surface area contributed by atoms with Crippen LogP contribution in [0.1, 0.15) is 6.42 Å². The molecule has 140 valence electrons. The van der Waals surface area contributed by atoms with E-state index in [4.69, 9.17) is 33.9 Å². The van der Waals surface area contributed by atoms with Crippen molar-refractivity contribution < 1.29 is 15.0 Å². The highest BCUT2D eigenvalue weighted by Gasteiger charge is 2.33. The number of hydrogen-bond acceptors (Lipinski definition) is 8. The fraction of sp³-hybridized carbons (Fsp3) is 0.267. The number of aliphatic hydroxyl groups is 1. The maximum atomic E-state index is 12.4. The van der Waals surface area contributed by atoms with Gasteiger partial charge in [0.15, 0.2) is 11.1 Å². The number of carbonyl (C=O) groups is 1. The molecule has 26 heavy (non-hydrogen) atoms. The molecule has 1 heterocycles. The van der Waals surface area contributed by atoms with Crippen LogP contribution < -0.4 is 27.4 Å². The highest BCUT2D eigenvalue weighted by Crippen LogP contribution is 2.27. The number of rotatable bonds is 5. The number of phenolic OH excluding ortho intramolecular Hbond substituents is 1. The van der Waals surface area contributed by atoms with Gasteiger partial charge < -0.3 is 32.3 Å². The lowest BCUT2D eigenvalue weighted by Gasteiger charge is -2.34. The second-order valence-corrected chi connectivity index (χ2v) is 5.66. The second-order valence-electron chi connectivity index (χ2n) is 5.30. The van der Waals surface area contributed by atoms with Crippen LogP contribution in [-0.2, 0) is 4.79 Å². The molecular weight excluding hydrogens is 362 g/mol. The van der Waals surface area contributed by atoms with Crippen LogP contribution in [0, 0.1) is 0 Å². The molecule has 9 N–H and O–H groups in total. The summed E-state index contributed by atoms with van der Waals surface area (Å²) >= 11 is 6.04. The van der Waals surface area contributed by atoms with E-state index < -0.39 is 12.1 Å². The first kappa shape index (κ1) is 19.5. The average molecular weight is 382 g/mol. The number of amides is 1. The minimum atomic E-state index is -1.03. The van der Waals surface area contributed by atoms with Crippen LogP contribution in [0.5, 0.6) is 5.75 Å². The molecule has 1 atom stereocenters. The zero-order chi connectivity index (χ0) is 19.3. The van der Waals surface area contributed by atoms with E-state index in [0.717, 1.165) is 0 Å². The lowest BCUT2D eigenvalue weighted by Crippen LogP contribution is -2.57. The summed E-state index contributed by atoms with van der Waals surface area (Å²) in [5.41, 5.74) is 18.1. The smallest absolute Gasteiger partial charge is 0.275 e. The number of hydrogen-bond donors (Lipinski definition) is 6. The van der Waals surface area contributed by atoms with E-state index in [2.05, 4.69) is 15.3 Å². The second kappa shape index (κ2) is 8.52. The van der Waals surface area contributed by atoms with Crippen LogP contribution in [-0.4, -0.2) is 47.1 Å². The number of aliphatic hydroxyl groups excluding tert-OH is 1. The molecule has 0 fully saturated rings. The first-order valence-corrected chi connectivity index (χ1v) is 8.02. The summed E-state index contributed by atoms with van der Waals surface area (Å²) in [6, 6.07) is 6.02. The van der Waals surface area contributed by atoms with Crippen molar-refractivity contribution in [3.8, 4) is 5.75 Å². The molecule has 1 unspecified atom stereocenters. The lowest BCUT2D eigenvalue weighted by atomic mass is 10.1. The number of nitrogens with two attached hydrogens (primary N) is 3. The Morgan fingerprint density at radius 2 is 2.04 bits per heavy atom. The van der Waals surface area contributed by atoms with Crippen molar-refractivity contribution in [2.24, 2.45) is 27.2 Å². The Kier molecular flexibility index (Phi) is 6.39. The van der Waals surface area contributed by atoms with E-state index in [9.17, 15) is 9.90 Å².